The number of benzene rings is 2. The fourth-order valence-corrected chi connectivity index (χ4v) is 2.18. The van der Waals surface area contributed by atoms with E-state index in [4.69, 9.17) is 4.74 Å². The van der Waals surface area contributed by atoms with E-state index in [1.165, 1.54) is 11.0 Å². The highest BCUT2D eigenvalue weighted by atomic mass is 16.5. The van der Waals surface area contributed by atoms with E-state index < -0.39 is 0 Å². The third-order valence-corrected chi connectivity index (χ3v) is 3.48. The maximum absolute atomic E-state index is 12.3. The topological polar surface area (TPSA) is 111 Å². The Kier molecular flexibility index (Phi) is 5.18. The van der Waals surface area contributed by atoms with Crippen molar-refractivity contribution in [3.63, 3.8) is 0 Å². The number of nitrogens with one attached hydrogen (secondary N) is 2. The van der Waals surface area contributed by atoms with Gasteiger partial charge in [0, 0.05) is 16.9 Å². The lowest BCUT2D eigenvalue weighted by Gasteiger charge is -2.08. The standard InChI is InChI=1S/C17H16N6O3/c1-26-15-8-6-14(7-9-15)20-17(25)12-2-4-13(5-3-12)19-16(24)10-23-11-18-21-22-23/h2-9,11H,10H2,1H3,(H,19,24)(H,20,25). The monoisotopic (exact) mass is 352 g/mol. The molecule has 0 unspecified atom stereocenters. The van der Waals surface area contributed by atoms with Crippen molar-refractivity contribution >= 4 is 23.2 Å². The van der Waals surface area contributed by atoms with E-state index in [1.54, 1.807) is 55.6 Å². The summed E-state index contributed by atoms with van der Waals surface area (Å²) in [6.07, 6.45) is 1.35. The van der Waals surface area contributed by atoms with Crippen LogP contribution in [0.3, 0.4) is 0 Å². The minimum atomic E-state index is -0.271. The number of anilines is 2. The van der Waals surface area contributed by atoms with Crippen LogP contribution in [0.15, 0.2) is 54.9 Å². The molecule has 3 rings (SSSR count). The number of carbonyl (C=O) groups excluding carboxylic acids is 2. The molecule has 2 aromatic carbocycles. The van der Waals surface area contributed by atoms with E-state index in [0.717, 1.165) is 0 Å². The number of nitrogens with zero attached hydrogens (tertiary/aromatic N) is 4. The van der Waals surface area contributed by atoms with Crippen LogP contribution < -0.4 is 15.4 Å². The van der Waals surface area contributed by atoms with Crippen molar-refractivity contribution < 1.29 is 14.3 Å². The summed E-state index contributed by atoms with van der Waals surface area (Å²) in [7, 11) is 1.58. The fourth-order valence-electron chi connectivity index (χ4n) is 2.18. The van der Waals surface area contributed by atoms with Gasteiger partial charge in [0.2, 0.25) is 5.91 Å². The average molecular weight is 352 g/mol. The van der Waals surface area contributed by atoms with Crippen molar-refractivity contribution in [3.8, 4) is 5.75 Å². The predicted octanol–water partition coefficient (Wildman–Crippen LogP) is 1.57. The normalized spacial score (nSPS) is 10.2. The Morgan fingerprint density at radius 2 is 1.65 bits per heavy atom. The maximum atomic E-state index is 12.3. The summed E-state index contributed by atoms with van der Waals surface area (Å²) < 4.78 is 6.39. The Morgan fingerprint density at radius 1 is 1.00 bits per heavy atom. The number of rotatable bonds is 6. The van der Waals surface area contributed by atoms with Gasteiger partial charge in [-0.15, -0.1) is 5.10 Å². The fraction of sp³-hybridized carbons (Fsp3) is 0.118. The molecule has 0 fully saturated rings. The van der Waals surface area contributed by atoms with E-state index in [2.05, 4.69) is 26.2 Å². The van der Waals surface area contributed by atoms with Gasteiger partial charge in [0.1, 0.15) is 18.6 Å². The first-order chi connectivity index (χ1) is 12.6. The number of amides is 2. The predicted molar refractivity (Wildman–Crippen MR) is 93.8 cm³/mol. The molecule has 0 aliphatic heterocycles. The van der Waals surface area contributed by atoms with E-state index in [0.29, 0.717) is 22.7 Å². The van der Waals surface area contributed by atoms with Crippen molar-refractivity contribution in [2.24, 2.45) is 0 Å². The summed E-state index contributed by atoms with van der Waals surface area (Å²) in [5.74, 6) is 0.194. The summed E-state index contributed by atoms with van der Waals surface area (Å²) in [4.78, 5) is 24.1. The minimum absolute atomic E-state index is 0.00665. The van der Waals surface area contributed by atoms with Crippen LogP contribution in [0.4, 0.5) is 11.4 Å². The molecule has 0 aliphatic rings. The summed E-state index contributed by atoms with van der Waals surface area (Å²) >= 11 is 0. The van der Waals surface area contributed by atoms with Gasteiger partial charge in [0.25, 0.3) is 5.91 Å². The van der Waals surface area contributed by atoms with Crippen molar-refractivity contribution in [2.45, 2.75) is 6.54 Å². The molecule has 0 spiro atoms. The van der Waals surface area contributed by atoms with Gasteiger partial charge >= 0.3 is 0 Å². The molecule has 9 nitrogen and oxygen atoms in total. The first kappa shape index (κ1) is 17.1. The minimum Gasteiger partial charge on any atom is -0.497 e. The van der Waals surface area contributed by atoms with Crippen molar-refractivity contribution in [1.29, 1.82) is 0 Å². The lowest BCUT2D eigenvalue weighted by atomic mass is 10.2. The van der Waals surface area contributed by atoms with Crippen LogP contribution in [-0.4, -0.2) is 39.1 Å². The third-order valence-electron chi connectivity index (χ3n) is 3.48. The van der Waals surface area contributed by atoms with Gasteiger partial charge in [0.05, 0.1) is 7.11 Å². The van der Waals surface area contributed by atoms with Gasteiger partial charge in [-0.2, -0.15) is 0 Å². The molecule has 0 atom stereocenters. The molecule has 9 heteroatoms. The van der Waals surface area contributed by atoms with Gasteiger partial charge in [-0.1, -0.05) is 0 Å². The van der Waals surface area contributed by atoms with Crippen LogP contribution in [0.25, 0.3) is 0 Å². The van der Waals surface area contributed by atoms with Crippen LogP contribution in [-0.2, 0) is 11.3 Å². The van der Waals surface area contributed by atoms with Gasteiger partial charge in [0.15, 0.2) is 0 Å². The lowest BCUT2D eigenvalue weighted by Crippen LogP contribution is -2.19. The third kappa shape index (κ3) is 4.41. The smallest absolute Gasteiger partial charge is 0.255 e. The van der Waals surface area contributed by atoms with Crippen molar-refractivity contribution in [2.75, 3.05) is 17.7 Å². The number of methoxy groups -OCH3 is 1. The average Bonchev–Trinajstić information content (AvgIpc) is 3.15. The largest absolute Gasteiger partial charge is 0.497 e. The quantitative estimate of drug-likeness (QED) is 0.697. The highest BCUT2D eigenvalue weighted by molar-refractivity contribution is 6.04. The van der Waals surface area contributed by atoms with Gasteiger partial charge in [-0.25, -0.2) is 4.68 Å². The summed E-state index contributed by atoms with van der Waals surface area (Å²) in [5.41, 5.74) is 1.71. The molecule has 3 aromatic rings. The molecule has 132 valence electrons. The molecule has 26 heavy (non-hydrogen) atoms. The highest BCUT2D eigenvalue weighted by Gasteiger charge is 2.08. The zero-order valence-electron chi connectivity index (χ0n) is 13.9. The second-order valence-corrected chi connectivity index (χ2v) is 5.32. The molecule has 2 amide bonds. The lowest BCUT2D eigenvalue weighted by molar-refractivity contribution is -0.116. The van der Waals surface area contributed by atoms with Crippen LogP contribution in [0.1, 0.15) is 10.4 Å². The van der Waals surface area contributed by atoms with Crippen LogP contribution in [0.2, 0.25) is 0 Å². The van der Waals surface area contributed by atoms with Crippen LogP contribution in [0.5, 0.6) is 5.75 Å². The Labute approximate surface area is 149 Å². The summed E-state index contributed by atoms with van der Waals surface area (Å²) in [6, 6.07) is 13.6. The van der Waals surface area contributed by atoms with Gasteiger partial charge in [-0.3, -0.25) is 9.59 Å². The Hall–Kier alpha value is -3.75. The summed E-state index contributed by atoms with van der Waals surface area (Å²) in [6.45, 7) is 0.00665. The Balaban J connectivity index is 1.57. The molecule has 1 heterocycles. The van der Waals surface area contributed by atoms with Crippen LogP contribution in [0, 0.1) is 0 Å². The SMILES string of the molecule is COc1ccc(NC(=O)c2ccc(NC(=O)Cn3cnnn3)cc2)cc1. The van der Waals surface area contributed by atoms with E-state index in [9.17, 15) is 9.59 Å². The van der Waals surface area contributed by atoms with Gasteiger partial charge < -0.3 is 15.4 Å². The van der Waals surface area contributed by atoms with E-state index >= 15 is 0 Å². The first-order valence-corrected chi connectivity index (χ1v) is 7.70. The first-order valence-electron chi connectivity index (χ1n) is 7.70. The Morgan fingerprint density at radius 3 is 2.27 bits per heavy atom. The zero-order valence-corrected chi connectivity index (χ0v) is 13.9. The zero-order chi connectivity index (χ0) is 18.4. The number of hydrogen-bond acceptors (Lipinski definition) is 6. The van der Waals surface area contributed by atoms with E-state index in [-0.39, 0.29) is 18.4 Å². The number of carbonyl (C=O) groups is 2. The second kappa shape index (κ2) is 7.88. The Bertz CT molecular complexity index is 876. The molecule has 0 aliphatic carbocycles. The summed E-state index contributed by atoms with van der Waals surface area (Å²) in [5, 5.41) is 16.0. The second-order valence-electron chi connectivity index (χ2n) is 5.32. The molecule has 0 radical (unpaired) electrons. The number of aromatic nitrogens is 4. The van der Waals surface area contributed by atoms with Crippen molar-refractivity contribution in [1.82, 2.24) is 20.2 Å². The molecular formula is C17H16N6O3. The molecular weight excluding hydrogens is 336 g/mol. The highest BCUT2D eigenvalue weighted by Crippen LogP contribution is 2.16. The molecule has 0 saturated carbocycles. The van der Waals surface area contributed by atoms with E-state index in [1.807, 2.05) is 0 Å². The maximum Gasteiger partial charge on any atom is 0.255 e. The molecule has 2 N–H and O–H groups in total. The molecule has 1 aromatic heterocycles. The van der Waals surface area contributed by atoms with Gasteiger partial charge in [-0.05, 0) is 59.0 Å². The van der Waals surface area contributed by atoms with Crippen molar-refractivity contribution in [3.05, 3.63) is 60.4 Å². The molecule has 0 saturated heterocycles. The van der Waals surface area contributed by atoms with Crippen LogP contribution >= 0.6 is 0 Å². The number of tetrazole rings is 1. The molecule has 0 bridgehead atoms. The number of hydrogen-bond donors (Lipinski definition) is 2. The number of ether oxygens (including phenoxy) is 1.